The monoisotopic (exact) mass is 470 g/mol. The summed E-state index contributed by atoms with van der Waals surface area (Å²) in [6.07, 6.45) is 2.23. The topological polar surface area (TPSA) is 69.0 Å². The predicted molar refractivity (Wildman–Crippen MR) is 135 cm³/mol. The number of carbonyl (C=O) groups is 1. The smallest absolute Gasteiger partial charge is 0.242 e. The molecule has 0 aliphatic heterocycles. The van der Waals surface area contributed by atoms with Crippen molar-refractivity contribution in [3.05, 3.63) is 95.8 Å². The van der Waals surface area contributed by atoms with Crippen molar-refractivity contribution in [3.63, 3.8) is 0 Å². The van der Waals surface area contributed by atoms with Gasteiger partial charge in [0.05, 0.1) is 18.5 Å². The molecule has 0 saturated heterocycles. The number of hydrogen-bond acceptors (Lipinski definition) is 5. The van der Waals surface area contributed by atoms with Crippen LogP contribution in [0.2, 0.25) is 0 Å². The number of para-hydroxylation sites is 1. The normalized spacial score (nSPS) is 13.9. The van der Waals surface area contributed by atoms with E-state index >= 15 is 0 Å². The van der Waals surface area contributed by atoms with Crippen LogP contribution in [0.15, 0.2) is 84.0 Å². The number of aromatic nitrogens is 3. The third-order valence-electron chi connectivity index (χ3n) is 5.73. The quantitative estimate of drug-likeness (QED) is 0.323. The fourth-order valence-electron chi connectivity index (χ4n) is 3.84. The molecule has 1 aromatic heterocycles. The molecular formula is C27H26N4O2S. The molecule has 34 heavy (non-hydrogen) atoms. The van der Waals surface area contributed by atoms with Gasteiger partial charge in [0.15, 0.2) is 0 Å². The summed E-state index contributed by atoms with van der Waals surface area (Å²) >= 11 is 1.37. The van der Waals surface area contributed by atoms with Gasteiger partial charge in [-0.15, -0.1) is 5.10 Å². The lowest BCUT2D eigenvalue weighted by Gasteiger charge is -2.17. The van der Waals surface area contributed by atoms with Crippen molar-refractivity contribution in [2.45, 2.75) is 36.1 Å². The third kappa shape index (κ3) is 4.84. The molecule has 1 amide bonds. The van der Waals surface area contributed by atoms with Crippen molar-refractivity contribution in [1.82, 2.24) is 14.8 Å². The Bertz CT molecular complexity index is 1290. The van der Waals surface area contributed by atoms with Crippen LogP contribution in [0.25, 0.3) is 5.69 Å². The Balaban J connectivity index is 1.47. The first kappa shape index (κ1) is 22.2. The zero-order chi connectivity index (χ0) is 23.5. The van der Waals surface area contributed by atoms with Gasteiger partial charge in [0.1, 0.15) is 16.8 Å². The Morgan fingerprint density at radius 3 is 2.44 bits per heavy atom. The number of nitrogens with one attached hydrogen (secondary N) is 1. The molecule has 1 heterocycles. The molecule has 3 aromatic carbocycles. The molecule has 7 heteroatoms. The number of ether oxygens (including phenoxy) is 1. The third-order valence-corrected chi connectivity index (χ3v) is 6.84. The summed E-state index contributed by atoms with van der Waals surface area (Å²) in [7, 11) is 1.60. The molecule has 0 spiro atoms. The fraction of sp³-hybridized carbons (Fsp3) is 0.222. The largest absolute Gasteiger partial charge is 0.495 e. The molecule has 0 bridgehead atoms. The second kappa shape index (κ2) is 9.73. The fourth-order valence-corrected chi connectivity index (χ4v) is 4.79. The predicted octanol–water partition coefficient (Wildman–Crippen LogP) is 5.93. The van der Waals surface area contributed by atoms with Crippen LogP contribution in [-0.4, -0.2) is 27.8 Å². The van der Waals surface area contributed by atoms with Crippen LogP contribution in [0.3, 0.4) is 0 Å². The molecule has 1 saturated carbocycles. The van der Waals surface area contributed by atoms with Crippen LogP contribution >= 0.6 is 11.8 Å². The highest BCUT2D eigenvalue weighted by Crippen LogP contribution is 2.42. The highest BCUT2D eigenvalue weighted by Gasteiger charge is 2.32. The average molecular weight is 471 g/mol. The second-order valence-corrected chi connectivity index (χ2v) is 9.45. The van der Waals surface area contributed by atoms with E-state index in [0.717, 1.165) is 35.5 Å². The SMILES string of the molecule is COc1ccc(C)cc1NC(=O)[C@H](Sc1nc(C2CC2)n(-c2ccccc2)n1)c1ccccc1. The summed E-state index contributed by atoms with van der Waals surface area (Å²) in [5.41, 5.74) is 3.56. The van der Waals surface area contributed by atoms with Gasteiger partial charge >= 0.3 is 0 Å². The van der Waals surface area contributed by atoms with E-state index in [-0.39, 0.29) is 5.91 Å². The van der Waals surface area contributed by atoms with E-state index in [0.29, 0.717) is 22.5 Å². The van der Waals surface area contributed by atoms with E-state index < -0.39 is 5.25 Å². The van der Waals surface area contributed by atoms with Gasteiger partial charge in [-0.3, -0.25) is 4.79 Å². The van der Waals surface area contributed by atoms with Gasteiger partial charge in [0.25, 0.3) is 0 Å². The first-order chi connectivity index (χ1) is 16.6. The van der Waals surface area contributed by atoms with E-state index in [4.69, 9.17) is 14.8 Å². The van der Waals surface area contributed by atoms with Gasteiger partial charge in [-0.2, -0.15) is 0 Å². The Hall–Kier alpha value is -3.58. The van der Waals surface area contributed by atoms with E-state index in [1.165, 1.54) is 11.8 Å². The molecule has 172 valence electrons. The lowest BCUT2D eigenvalue weighted by molar-refractivity contribution is -0.115. The molecule has 1 aliphatic rings. The molecular weight excluding hydrogens is 444 g/mol. The molecule has 1 N–H and O–H groups in total. The summed E-state index contributed by atoms with van der Waals surface area (Å²) in [5.74, 6) is 1.85. The van der Waals surface area contributed by atoms with E-state index in [1.807, 2.05) is 90.5 Å². The van der Waals surface area contributed by atoms with Gasteiger partial charge in [0, 0.05) is 5.92 Å². The Morgan fingerprint density at radius 1 is 1.06 bits per heavy atom. The molecule has 1 atom stereocenters. The first-order valence-corrected chi connectivity index (χ1v) is 12.2. The number of rotatable bonds is 8. The maximum atomic E-state index is 13.6. The minimum absolute atomic E-state index is 0.149. The van der Waals surface area contributed by atoms with Gasteiger partial charge in [-0.05, 0) is 55.2 Å². The van der Waals surface area contributed by atoms with Crippen LogP contribution in [0, 0.1) is 6.92 Å². The van der Waals surface area contributed by atoms with Crippen molar-refractivity contribution in [2.75, 3.05) is 12.4 Å². The standard InChI is InChI=1S/C27H26N4O2S/c1-18-13-16-23(33-2)22(17-18)28-26(32)24(19-9-5-3-6-10-19)34-27-29-25(20-14-15-20)31(30-27)21-11-7-4-8-12-21/h3-13,16-17,20,24H,14-15H2,1-2H3,(H,28,32)/t24-/m1/s1. The van der Waals surface area contributed by atoms with Gasteiger partial charge in [0.2, 0.25) is 11.1 Å². The van der Waals surface area contributed by atoms with Gasteiger partial charge < -0.3 is 10.1 Å². The summed E-state index contributed by atoms with van der Waals surface area (Å²) in [6.45, 7) is 1.98. The van der Waals surface area contributed by atoms with Crippen molar-refractivity contribution in [1.29, 1.82) is 0 Å². The van der Waals surface area contributed by atoms with E-state index in [9.17, 15) is 4.79 Å². The van der Waals surface area contributed by atoms with Crippen molar-refractivity contribution < 1.29 is 9.53 Å². The molecule has 4 aromatic rings. The average Bonchev–Trinajstić information content (AvgIpc) is 3.63. The number of aryl methyl sites for hydroxylation is 1. The molecule has 0 radical (unpaired) electrons. The lowest BCUT2D eigenvalue weighted by atomic mass is 10.1. The number of benzene rings is 3. The summed E-state index contributed by atoms with van der Waals surface area (Å²) in [6, 6.07) is 25.5. The zero-order valence-corrected chi connectivity index (χ0v) is 20.0. The maximum Gasteiger partial charge on any atom is 0.242 e. The minimum atomic E-state index is -0.523. The number of hydrogen-bond donors (Lipinski definition) is 1. The highest BCUT2D eigenvalue weighted by molar-refractivity contribution is 8.00. The first-order valence-electron chi connectivity index (χ1n) is 11.3. The number of methoxy groups -OCH3 is 1. The number of thioether (sulfide) groups is 1. The molecule has 5 rings (SSSR count). The minimum Gasteiger partial charge on any atom is -0.495 e. The number of anilines is 1. The van der Waals surface area contributed by atoms with E-state index in [2.05, 4.69) is 5.32 Å². The van der Waals surface area contributed by atoms with Crippen LogP contribution in [0.5, 0.6) is 5.75 Å². The number of amides is 1. The molecule has 6 nitrogen and oxygen atoms in total. The summed E-state index contributed by atoms with van der Waals surface area (Å²) < 4.78 is 7.38. The zero-order valence-electron chi connectivity index (χ0n) is 19.1. The van der Waals surface area contributed by atoms with Crippen molar-refractivity contribution >= 4 is 23.4 Å². The Labute approximate surface area is 203 Å². The number of carbonyl (C=O) groups excluding carboxylic acids is 1. The molecule has 1 fully saturated rings. The Kier molecular flexibility index (Phi) is 6.36. The summed E-state index contributed by atoms with van der Waals surface area (Å²) in [5, 5.41) is 7.94. The Morgan fingerprint density at radius 2 is 1.76 bits per heavy atom. The van der Waals surface area contributed by atoms with Crippen LogP contribution in [-0.2, 0) is 4.79 Å². The van der Waals surface area contributed by atoms with Crippen LogP contribution in [0.4, 0.5) is 5.69 Å². The van der Waals surface area contributed by atoms with Crippen molar-refractivity contribution in [3.8, 4) is 11.4 Å². The highest BCUT2D eigenvalue weighted by atomic mass is 32.2. The maximum absolute atomic E-state index is 13.6. The van der Waals surface area contributed by atoms with Crippen LogP contribution in [0.1, 0.15) is 41.0 Å². The second-order valence-electron chi connectivity index (χ2n) is 8.38. The van der Waals surface area contributed by atoms with Crippen molar-refractivity contribution in [2.24, 2.45) is 0 Å². The summed E-state index contributed by atoms with van der Waals surface area (Å²) in [4.78, 5) is 18.4. The van der Waals surface area contributed by atoms with E-state index in [1.54, 1.807) is 7.11 Å². The molecule has 1 aliphatic carbocycles. The van der Waals surface area contributed by atoms with Gasteiger partial charge in [-0.25, -0.2) is 9.67 Å². The van der Waals surface area contributed by atoms with Gasteiger partial charge in [-0.1, -0.05) is 66.4 Å². The lowest BCUT2D eigenvalue weighted by Crippen LogP contribution is -2.19. The molecule has 0 unspecified atom stereocenters. The number of nitrogens with zero attached hydrogens (tertiary/aromatic N) is 3. The van der Waals surface area contributed by atoms with Crippen LogP contribution < -0.4 is 10.1 Å².